The first-order valence-electron chi connectivity index (χ1n) is 8.81. The van der Waals surface area contributed by atoms with Gasteiger partial charge in [-0.25, -0.2) is 9.18 Å². The Morgan fingerprint density at radius 1 is 1.25 bits per heavy atom. The van der Waals surface area contributed by atoms with Crippen molar-refractivity contribution >= 4 is 23.5 Å². The molecular weight excluding hydrogens is 385 g/mol. The number of thioether (sulfide) groups is 1. The average molecular weight is 409 g/mol. The molecule has 6 nitrogen and oxygen atoms in total. The fourth-order valence-corrected chi connectivity index (χ4v) is 3.07. The molecule has 0 bridgehead atoms. The van der Waals surface area contributed by atoms with Crippen LogP contribution in [-0.4, -0.2) is 41.9 Å². The van der Waals surface area contributed by atoms with Crippen molar-refractivity contribution in [3.8, 4) is 5.75 Å². The van der Waals surface area contributed by atoms with Gasteiger partial charge in [-0.3, -0.25) is 5.32 Å². The van der Waals surface area contributed by atoms with Crippen LogP contribution in [0.2, 0.25) is 0 Å². The zero-order valence-electron chi connectivity index (χ0n) is 15.7. The van der Waals surface area contributed by atoms with Crippen molar-refractivity contribution in [2.75, 3.05) is 24.8 Å². The van der Waals surface area contributed by atoms with Crippen molar-refractivity contribution in [1.82, 2.24) is 0 Å². The lowest BCUT2D eigenvalue weighted by atomic mass is 10.0. The summed E-state index contributed by atoms with van der Waals surface area (Å²) in [5, 5.41) is 21.4. The lowest BCUT2D eigenvalue weighted by Crippen LogP contribution is -2.29. The Labute approximate surface area is 167 Å². The quantitative estimate of drug-likeness (QED) is 0.534. The zero-order valence-corrected chi connectivity index (χ0v) is 16.5. The van der Waals surface area contributed by atoms with E-state index in [1.807, 2.05) is 18.4 Å². The Balaban J connectivity index is 2.21. The predicted molar refractivity (Wildman–Crippen MR) is 106 cm³/mol. The Morgan fingerprint density at radius 2 is 1.96 bits per heavy atom. The molecule has 2 aromatic carbocycles. The average Bonchev–Trinajstić information content (AvgIpc) is 2.69. The number of anilines is 1. The van der Waals surface area contributed by atoms with Crippen LogP contribution in [0.3, 0.4) is 0 Å². The van der Waals surface area contributed by atoms with E-state index in [9.17, 15) is 19.4 Å². The van der Waals surface area contributed by atoms with Crippen molar-refractivity contribution in [2.24, 2.45) is 0 Å². The fraction of sp³-hybridized carbons (Fsp3) is 0.350. The molecular formula is C20H24FNO5S. The van der Waals surface area contributed by atoms with E-state index >= 15 is 0 Å². The van der Waals surface area contributed by atoms with Gasteiger partial charge in [0.15, 0.2) is 17.7 Å². The first kappa shape index (κ1) is 22.0. The molecule has 1 amide bonds. The van der Waals surface area contributed by atoms with Crippen LogP contribution in [0.5, 0.6) is 5.75 Å². The maximum absolute atomic E-state index is 13.8. The summed E-state index contributed by atoms with van der Waals surface area (Å²) < 4.78 is 24.9. The Hall–Kier alpha value is -2.29. The number of benzene rings is 2. The first-order valence-corrected chi connectivity index (χ1v) is 10.0. The number of rotatable bonds is 9. The molecule has 152 valence electrons. The lowest BCUT2D eigenvalue weighted by Gasteiger charge is -2.27. The van der Waals surface area contributed by atoms with Crippen LogP contribution < -0.4 is 5.32 Å². The van der Waals surface area contributed by atoms with E-state index in [1.165, 1.54) is 12.1 Å². The summed E-state index contributed by atoms with van der Waals surface area (Å²) in [5.74, 6) is -1.34. The molecule has 3 N–H and O–H groups in total. The third kappa shape index (κ3) is 6.12. The van der Waals surface area contributed by atoms with E-state index in [0.29, 0.717) is 17.9 Å². The third-order valence-corrected chi connectivity index (χ3v) is 4.75. The number of nitrogens with one attached hydrogen (secondary N) is 1. The predicted octanol–water partition coefficient (Wildman–Crippen LogP) is 4.33. The SMILES string of the molecule is CCO[C@H](CCO)[C@H](OC(=O)Nc1ccc(SC)cc1)c1ccc(O)c(F)c1. The van der Waals surface area contributed by atoms with Gasteiger partial charge in [0, 0.05) is 30.2 Å². The Morgan fingerprint density at radius 3 is 2.54 bits per heavy atom. The molecule has 28 heavy (non-hydrogen) atoms. The number of halogens is 1. The standard InChI is InChI=1S/C20H24FNO5S/c1-3-26-18(10-11-23)19(13-4-9-17(24)16(21)12-13)27-20(25)22-14-5-7-15(28-2)8-6-14/h4-9,12,18-19,23-24H,3,10-11H2,1-2H3,(H,22,25)/t18-,19-/m1/s1. The highest BCUT2D eigenvalue weighted by molar-refractivity contribution is 7.98. The van der Waals surface area contributed by atoms with E-state index in [4.69, 9.17) is 9.47 Å². The molecule has 0 unspecified atom stereocenters. The van der Waals surface area contributed by atoms with Gasteiger partial charge in [-0.05, 0) is 55.1 Å². The zero-order chi connectivity index (χ0) is 20.5. The molecule has 8 heteroatoms. The molecule has 0 saturated heterocycles. The maximum Gasteiger partial charge on any atom is 0.412 e. The van der Waals surface area contributed by atoms with Gasteiger partial charge in [-0.1, -0.05) is 6.07 Å². The highest BCUT2D eigenvalue weighted by Gasteiger charge is 2.28. The summed E-state index contributed by atoms with van der Waals surface area (Å²) in [6.07, 6.45) is -0.238. The van der Waals surface area contributed by atoms with Crippen LogP contribution in [0.1, 0.15) is 25.0 Å². The number of phenols is 1. The van der Waals surface area contributed by atoms with Gasteiger partial charge in [-0.15, -0.1) is 11.8 Å². The topological polar surface area (TPSA) is 88.0 Å². The summed E-state index contributed by atoms with van der Waals surface area (Å²) in [4.78, 5) is 13.5. The minimum Gasteiger partial charge on any atom is -0.505 e. The van der Waals surface area contributed by atoms with Crippen molar-refractivity contribution in [3.63, 3.8) is 0 Å². The molecule has 2 atom stereocenters. The maximum atomic E-state index is 13.8. The molecule has 0 heterocycles. The normalized spacial score (nSPS) is 13.0. The molecule has 0 aliphatic heterocycles. The number of carbonyl (C=O) groups is 1. The molecule has 0 aliphatic rings. The Bertz CT molecular complexity index is 766. The van der Waals surface area contributed by atoms with E-state index < -0.39 is 29.9 Å². The number of aliphatic hydroxyl groups is 1. The first-order chi connectivity index (χ1) is 13.5. The molecule has 0 fully saturated rings. The number of aliphatic hydroxyl groups excluding tert-OH is 1. The Kier molecular flexibility index (Phi) is 8.56. The second-order valence-corrected chi connectivity index (χ2v) is 6.78. The van der Waals surface area contributed by atoms with Gasteiger partial charge in [0.1, 0.15) is 6.10 Å². The summed E-state index contributed by atoms with van der Waals surface area (Å²) in [6, 6.07) is 10.9. The van der Waals surface area contributed by atoms with E-state index in [2.05, 4.69) is 5.32 Å². The van der Waals surface area contributed by atoms with E-state index in [1.54, 1.807) is 30.8 Å². The molecule has 0 aromatic heterocycles. The molecule has 2 rings (SSSR count). The molecule has 0 saturated carbocycles. The largest absolute Gasteiger partial charge is 0.505 e. The van der Waals surface area contributed by atoms with Crippen molar-refractivity contribution in [3.05, 3.63) is 53.8 Å². The van der Waals surface area contributed by atoms with Crippen LogP contribution in [0.15, 0.2) is 47.4 Å². The van der Waals surface area contributed by atoms with Crippen molar-refractivity contribution in [2.45, 2.75) is 30.4 Å². The number of hydrogen-bond acceptors (Lipinski definition) is 6. The molecule has 0 radical (unpaired) electrons. The number of hydrogen-bond donors (Lipinski definition) is 3. The number of carbonyl (C=O) groups excluding carboxylic acids is 1. The van der Waals surface area contributed by atoms with Gasteiger partial charge < -0.3 is 19.7 Å². The number of aromatic hydroxyl groups is 1. The lowest BCUT2D eigenvalue weighted by molar-refractivity contribution is -0.0485. The van der Waals surface area contributed by atoms with Gasteiger partial charge in [0.25, 0.3) is 0 Å². The van der Waals surface area contributed by atoms with E-state index in [0.717, 1.165) is 11.0 Å². The van der Waals surface area contributed by atoms with Crippen molar-refractivity contribution < 1.29 is 28.9 Å². The van der Waals surface area contributed by atoms with Crippen LogP contribution >= 0.6 is 11.8 Å². The highest BCUT2D eigenvalue weighted by atomic mass is 32.2. The van der Waals surface area contributed by atoms with Gasteiger partial charge in [-0.2, -0.15) is 0 Å². The monoisotopic (exact) mass is 409 g/mol. The number of amides is 1. The molecule has 0 spiro atoms. The van der Waals surface area contributed by atoms with E-state index in [-0.39, 0.29) is 13.0 Å². The highest BCUT2D eigenvalue weighted by Crippen LogP contribution is 2.29. The third-order valence-electron chi connectivity index (χ3n) is 4.00. The molecule has 2 aromatic rings. The minimum atomic E-state index is -0.965. The van der Waals surface area contributed by atoms with Crippen LogP contribution in [0.25, 0.3) is 0 Å². The fourth-order valence-electron chi connectivity index (χ4n) is 2.66. The van der Waals surface area contributed by atoms with Crippen molar-refractivity contribution in [1.29, 1.82) is 0 Å². The van der Waals surface area contributed by atoms with Crippen LogP contribution in [0.4, 0.5) is 14.9 Å². The number of ether oxygens (including phenoxy) is 2. The summed E-state index contributed by atoms with van der Waals surface area (Å²) in [7, 11) is 0. The smallest absolute Gasteiger partial charge is 0.412 e. The van der Waals surface area contributed by atoms with Gasteiger partial charge >= 0.3 is 6.09 Å². The van der Waals surface area contributed by atoms with Gasteiger partial charge in [0.05, 0.1) is 0 Å². The second kappa shape index (κ2) is 10.9. The number of phenolic OH excluding ortho intramolecular Hbond substituents is 1. The second-order valence-electron chi connectivity index (χ2n) is 5.90. The van der Waals surface area contributed by atoms with Crippen LogP contribution in [0, 0.1) is 5.82 Å². The molecule has 0 aliphatic carbocycles. The summed E-state index contributed by atoms with van der Waals surface area (Å²) in [5.41, 5.74) is 0.864. The summed E-state index contributed by atoms with van der Waals surface area (Å²) >= 11 is 1.58. The summed E-state index contributed by atoms with van der Waals surface area (Å²) in [6.45, 7) is 1.90. The van der Waals surface area contributed by atoms with Crippen LogP contribution in [-0.2, 0) is 9.47 Å². The van der Waals surface area contributed by atoms with Gasteiger partial charge in [0.2, 0.25) is 0 Å². The minimum absolute atomic E-state index is 0.191.